The number of amides is 2. The molecular formula is C29H32N6O3. The molecule has 196 valence electrons. The van der Waals surface area contributed by atoms with Gasteiger partial charge in [0.1, 0.15) is 23.6 Å². The van der Waals surface area contributed by atoms with Crippen molar-refractivity contribution in [1.29, 1.82) is 5.26 Å². The first-order valence-corrected chi connectivity index (χ1v) is 13.4. The first-order chi connectivity index (χ1) is 18.7. The number of ether oxygens (including phenoxy) is 2. The van der Waals surface area contributed by atoms with Gasteiger partial charge in [0.2, 0.25) is 0 Å². The summed E-state index contributed by atoms with van der Waals surface area (Å²) in [5.74, 6) is 0.620. The van der Waals surface area contributed by atoms with Crippen molar-refractivity contribution in [2.45, 2.75) is 25.4 Å². The molecule has 2 saturated heterocycles. The summed E-state index contributed by atoms with van der Waals surface area (Å²) in [6.07, 6.45) is 8.53. The Hall–Kier alpha value is -3.87. The van der Waals surface area contributed by atoms with E-state index in [1.54, 1.807) is 0 Å². The molecule has 2 N–H and O–H groups in total. The van der Waals surface area contributed by atoms with E-state index >= 15 is 0 Å². The summed E-state index contributed by atoms with van der Waals surface area (Å²) in [6, 6.07) is 10.4. The predicted molar refractivity (Wildman–Crippen MR) is 145 cm³/mol. The lowest BCUT2D eigenvalue weighted by molar-refractivity contribution is 0.0254. The van der Waals surface area contributed by atoms with E-state index in [9.17, 15) is 10.1 Å². The number of aromatic amines is 1. The Kier molecular flexibility index (Phi) is 6.99. The zero-order valence-electron chi connectivity index (χ0n) is 21.4. The monoisotopic (exact) mass is 512 g/mol. The van der Waals surface area contributed by atoms with Crippen molar-refractivity contribution in [2.24, 2.45) is 0 Å². The average Bonchev–Trinajstić information content (AvgIpc) is 3.41. The van der Waals surface area contributed by atoms with Gasteiger partial charge in [-0.3, -0.25) is 0 Å². The fourth-order valence-electron chi connectivity index (χ4n) is 5.44. The Morgan fingerprint density at radius 1 is 1.11 bits per heavy atom. The highest BCUT2D eigenvalue weighted by Gasteiger charge is 2.24. The number of nitrogens with one attached hydrogen (secondary N) is 2. The molecule has 3 aromatic rings. The van der Waals surface area contributed by atoms with Gasteiger partial charge in [-0.15, -0.1) is 0 Å². The lowest BCUT2D eigenvalue weighted by Crippen LogP contribution is -2.52. The molecule has 2 aromatic heterocycles. The molecule has 9 heteroatoms. The van der Waals surface area contributed by atoms with Gasteiger partial charge >= 0.3 is 6.03 Å². The number of piperazine rings is 1. The van der Waals surface area contributed by atoms with Crippen molar-refractivity contribution in [1.82, 2.24) is 25.1 Å². The summed E-state index contributed by atoms with van der Waals surface area (Å²) < 4.78 is 11.6. The minimum atomic E-state index is 0.0772. The van der Waals surface area contributed by atoms with Gasteiger partial charge in [0.05, 0.1) is 18.8 Å². The minimum Gasteiger partial charge on any atom is -0.489 e. The second-order valence-corrected chi connectivity index (χ2v) is 10.0. The number of hydrogen-bond donors (Lipinski definition) is 2. The van der Waals surface area contributed by atoms with E-state index in [2.05, 4.69) is 33.5 Å². The van der Waals surface area contributed by atoms with Crippen LogP contribution in [0.25, 0.3) is 27.7 Å². The highest BCUT2D eigenvalue weighted by molar-refractivity contribution is 5.95. The standard InChI is InChI=1S/C29H32N6O3/c30-17-22-15-21(1-2-27(22)38-24-5-13-37-14-6-24)26-19-33-28-25(26)16-23(18-32-28)20-3-9-34(10-4-20)29(36)35-11-7-31-8-12-35/h1-3,15-16,18-19,24,31H,4-14H2,(H,32,33). The molecule has 3 aliphatic heterocycles. The number of aromatic nitrogens is 2. The Morgan fingerprint density at radius 3 is 2.71 bits per heavy atom. The Morgan fingerprint density at radius 2 is 1.95 bits per heavy atom. The van der Waals surface area contributed by atoms with Crippen molar-refractivity contribution in [3.8, 4) is 22.9 Å². The Bertz CT molecular complexity index is 1400. The van der Waals surface area contributed by atoms with Gasteiger partial charge in [-0.25, -0.2) is 9.78 Å². The van der Waals surface area contributed by atoms with Crippen molar-refractivity contribution in [3.05, 3.63) is 53.9 Å². The van der Waals surface area contributed by atoms with Crippen LogP contribution in [0.3, 0.4) is 0 Å². The van der Waals surface area contributed by atoms with E-state index in [1.165, 1.54) is 5.57 Å². The van der Waals surface area contributed by atoms with Crippen LogP contribution in [-0.2, 0) is 4.74 Å². The van der Waals surface area contributed by atoms with Crippen LogP contribution in [0.4, 0.5) is 4.79 Å². The number of urea groups is 1. The SMILES string of the molecule is N#Cc1cc(-c2c[nH]c3ncc(C4=CCN(C(=O)N5CCNCC5)CC4)cc23)ccc1OC1CCOCC1. The summed E-state index contributed by atoms with van der Waals surface area (Å²) in [6.45, 7) is 5.92. The molecule has 0 spiro atoms. The molecule has 3 aliphatic rings. The zero-order chi connectivity index (χ0) is 25.9. The quantitative estimate of drug-likeness (QED) is 0.551. The van der Waals surface area contributed by atoms with Crippen molar-refractivity contribution in [2.75, 3.05) is 52.5 Å². The Balaban J connectivity index is 1.22. The van der Waals surface area contributed by atoms with E-state index in [-0.39, 0.29) is 12.1 Å². The van der Waals surface area contributed by atoms with Gasteiger partial charge in [-0.05, 0) is 41.3 Å². The highest BCUT2D eigenvalue weighted by atomic mass is 16.5. The molecule has 0 bridgehead atoms. The summed E-state index contributed by atoms with van der Waals surface area (Å²) in [5.41, 5.74) is 5.53. The van der Waals surface area contributed by atoms with Gasteiger partial charge < -0.3 is 29.6 Å². The van der Waals surface area contributed by atoms with Gasteiger partial charge in [-0.2, -0.15) is 5.26 Å². The van der Waals surface area contributed by atoms with E-state index < -0.39 is 0 Å². The number of nitriles is 1. The number of benzene rings is 1. The number of pyridine rings is 1. The second kappa shape index (κ2) is 10.9. The molecule has 6 rings (SSSR count). The van der Waals surface area contributed by atoms with Gasteiger partial charge in [0, 0.05) is 75.5 Å². The molecule has 38 heavy (non-hydrogen) atoms. The zero-order valence-corrected chi connectivity index (χ0v) is 21.4. The normalized spacial score (nSPS) is 18.8. The smallest absolute Gasteiger partial charge is 0.320 e. The fraction of sp³-hybridized carbons (Fsp3) is 0.414. The predicted octanol–water partition coefficient (Wildman–Crippen LogP) is 3.77. The van der Waals surface area contributed by atoms with E-state index in [0.717, 1.165) is 73.2 Å². The van der Waals surface area contributed by atoms with Crippen molar-refractivity contribution < 1.29 is 14.3 Å². The number of H-pyrrole nitrogens is 1. The number of fused-ring (bicyclic) bond motifs is 1. The van der Waals surface area contributed by atoms with E-state index in [4.69, 9.17) is 9.47 Å². The molecule has 0 saturated carbocycles. The van der Waals surface area contributed by atoms with Crippen LogP contribution < -0.4 is 10.1 Å². The first-order valence-electron chi connectivity index (χ1n) is 13.4. The maximum Gasteiger partial charge on any atom is 0.320 e. The maximum atomic E-state index is 12.9. The fourth-order valence-corrected chi connectivity index (χ4v) is 5.44. The molecule has 5 heterocycles. The van der Waals surface area contributed by atoms with Gasteiger partial charge in [-0.1, -0.05) is 12.1 Å². The van der Waals surface area contributed by atoms with Crippen LogP contribution in [0.1, 0.15) is 30.4 Å². The minimum absolute atomic E-state index is 0.0772. The van der Waals surface area contributed by atoms with Crippen LogP contribution in [0.2, 0.25) is 0 Å². The molecule has 0 atom stereocenters. The number of carbonyl (C=O) groups excluding carboxylic acids is 1. The lowest BCUT2D eigenvalue weighted by atomic mass is 9.98. The van der Waals surface area contributed by atoms with Crippen LogP contribution in [-0.4, -0.2) is 84.4 Å². The third kappa shape index (κ3) is 4.97. The van der Waals surface area contributed by atoms with Gasteiger partial charge in [0.25, 0.3) is 0 Å². The number of rotatable bonds is 4. The second-order valence-electron chi connectivity index (χ2n) is 10.0. The third-order valence-corrected chi connectivity index (χ3v) is 7.64. The largest absolute Gasteiger partial charge is 0.489 e. The first kappa shape index (κ1) is 24.5. The number of carbonyl (C=O) groups is 1. The van der Waals surface area contributed by atoms with E-state index in [0.29, 0.717) is 37.6 Å². The van der Waals surface area contributed by atoms with Crippen molar-refractivity contribution in [3.63, 3.8) is 0 Å². The average molecular weight is 513 g/mol. The topological polar surface area (TPSA) is 107 Å². The molecule has 0 aliphatic carbocycles. The molecule has 2 fully saturated rings. The van der Waals surface area contributed by atoms with Crippen LogP contribution in [0, 0.1) is 11.3 Å². The highest BCUT2D eigenvalue weighted by Crippen LogP contribution is 2.34. The molecule has 2 amide bonds. The van der Waals surface area contributed by atoms with Crippen LogP contribution in [0.5, 0.6) is 5.75 Å². The summed E-state index contributed by atoms with van der Waals surface area (Å²) in [4.78, 5) is 24.7. The molecule has 0 radical (unpaired) electrons. The summed E-state index contributed by atoms with van der Waals surface area (Å²) >= 11 is 0. The lowest BCUT2D eigenvalue weighted by Gasteiger charge is -2.34. The third-order valence-electron chi connectivity index (χ3n) is 7.64. The van der Waals surface area contributed by atoms with Crippen LogP contribution >= 0.6 is 0 Å². The summed E-state index contributed by atoms with van der Waals surface area (Å²) in [5, 5.41) is 14.1. The molecule has 9 nitrogen and oxygen atoms in total. The van der Waals surface area contributed by atoms with E-state index in [1.807, 2.05) is 40.4 Å². The maximum absolute atomic E-state index is 12.9. The molecule has 1 aromatic carbocycles. The van der Waals surface area contributed by atoms with Gasteiger partial charge in [0.15, 0.2) is 0 Å². The van der Waals surface area contributed by atoms with Crippen molar-refractivity contribution >= 4 is 22.6 Å². The summed E-state index contributed by atoms with van der Waals surface area (Å²) in [7, 11) is 0. The molecular weight excluding hydrogens is 480 g/mol. The molecule has 0 unspecified atom stereocenters. The van der Waals surface area contributed by atoms with Crippen LogP contribution in [0.15, 0.2) is 42.7 Å². The Labute approximate surface area is 222 Å². The number of hydrogen-bond acceptors (Lipinski definition) is 6. The number of nitrogens with zero attached hydrogens (tertiary/aromatic N) is 4.